The zero-order valence-corrected chi connectivity index (χ0v) is 10.1. The number of halogens is 1. The lowest BCUT2D eigenvalue weighted by Crippen LogP contribution is -2.08. The summed E-state index contributed by atoms with van der Waals surface area (Å²) in [6.07, 6.45) is 1.02. The molecule has 18 heavy (non-hydrogen) atoms. The third-order valence-corrected chi connectivity index (χ3v) is 3.27. The Morgan fingerprint density at radius 2 is 2.33 bits per heavy atom. The number of nitrogens with zero attached hydrogens (tertiary/aromatic N) is 2. The molecule has 3 rings (SSSR count). The Kier molecular flexibility index (Phi) is 2.83. The summed E-state index contributed by atoms with van der Waals surface area (Å²) < 4.78 is 18.5. The summed E-state index contributed by atoms with van der Waals surface area (Å²) in [6, 6.07) is 4.83. The van der Waals surface area contributed by atoms with Gasteiger partial charge in [0.1, 0.15) is 5.82 Å². The number of nitrogens with one attached hydrogen (secondary N) is 1. The molecule has 0 saturated carbocycles. The van der Waals surface area contributed by atoms with Gasteiger partial charge in [0.15, 0.2) is 0 Å². The summed E-state index contributed by atoms with van der Waals surface area (Å²) in [7, 11) is 0. The molecule has 1 aliphatic rings. The van der Waals surface area contributed by atoms with Crippen LogP contribution in [0.15, 0.2) is 22.7 Å². The molecule has 94 valence electrons. The van der Waals surface area contributed by atoms with Crippen LogP contribution in [0.25, 0.3) is 11.4 Å². The second-order valence-corrected chi connectivity index (χ2v) is 4.61. The molecule has 0 spiro atoms. The Labute approximate surface area is 104 Å². The van der Waals surface area contributed by atoms with E-state index in [-0.39, 0.29) is 5.82 Å². The van der Waals surface area contributed by atoms with E-state index in [9.17, 15) is 4.39 Å². The maximum atomic E-state index is 13.2. The van der Waals surface area contributed by atoms with Gasteiger partial charge in [-0.25, -0.2) is 4.39 Å². The number of hydrogen-bond donors (Lipinski definition) is 1. The zero-order chi connectivity index (χ0) is 12.5. The standard InChI is InChI=1S/C13H14FN3O/c1-8-6-9(2-3-11(8)14)12-16-13(18-17-12)10-4-5-15-7-10/h2-3,6,10,15H,4-5,7H2,1H3/t10-/m0/s1. The van der Waals surface area contributed by atoms with Gasteiger partial charge in [0.25, 0.3) is 0 Å². The van der Waals surface area contributed by atoms with Crippen LogP contribution in [0, 0.1) is 12.7 Å². The van der Waals surface area contributed by atoms with Crippen LogP contribution >= 0.6 is 0 Å². The molecule has 0 aliphatic carbocycles. The fraction of sp³-hybridized carbons (Fsp3) is 0.385. The van der Waals surface area contributed by atoms with Crippen molar-refractivity contribution in [2.45, 2.75) is 19.3 Å². The van der Waals surface area contributed by atoms with E-state index in [0.29, 0.717) is 23.2 Å². The second kappa shape index (κ2) is 4.49. The summed E-state index contributed by atoms with van der Waals surface area (Å²) in [5.41, 5.74) is 1.37. The van der Waals surface area contributed by atoms with Crippen molar-refractivity contribution in [3.05, 3.63) is 35.5 Å². The first-order valence-corrected chi connectivity index (χ1v) is 6.05. The predicted octanol–water partition coefficient (Wildman–Crippen LogP) is 2.26. The molecule has 1 aromatic carbocycles. The molecule has 1 fully saturated rings. The Morgan fingerprint density at radius 1 is 1.44 bits per heavy atom. The van der Waals surface area contributed by atoms with Crippen LogP contribution in [0.5, 0.6) is 0 Å². The molecule has 0 bridgehead atoms. The van der Waals surface area contributed by atoms with Crippen molar-refractivity contribution in [1.29, 1.82) is 0 Å². The van der Waals surface area contributed by atoms with Crippen molar-refractivity contribution in [3.8, 4) is 11.4 Å². The lowest BCUT2D eigenvalue weighted by Gasteiger charge is -1.99. The number of hydrogen-bond acceptors (Lipinski definition) is 4. The fourth-order valence-electron chi connectivity index (χ4n) is 2.17. The van der Waals surface area contributed by atoms with Crippen LogP contribution in [0.2, 0.25) is 0 Å². The second-order valence-electron chi connectivity index (χ2n) is 4.61. The maximum Gasteiger partial charge on any atom is 0.231 e. The molecule has 2 aromatic rings. The van der Waals surface area contributed by atoms with Gasteiger partial charge >= 0.3 is 0 Å². The first kappa shape index (κ1) is 11.3. The predicted molar refractivity (Wildman–Crippen MR) is 64.7 cm³/mol. The molecular formula is C13H14FN3O. The van der Waals surface area contributed by atoms with Crippen LogP contribution in [0.4, 0.5) is 4.39 Å². The average molecular weight is 247 g/mol. The van der Waals surface area contributed by atoms with E-state index in [1.165, 1.54) is 6.07 Å². The molecule has 1 atom stereocenters. The lowest BCUT2D eigenvalue weighted by molar-refractivity contribution is 0.359. The van der Waals surface area contributed by atoms with Gasteiger partial charge in [-0.3, -0.25) is 0 Å². The van der Waals surface area contributed by atoms with Crippen LogP contribution < -0.4 is 5.32 Å². The van der Waals surface area contributed by atoms with Crippen LogP contribution in [-0.4, -0.2) is 23.2 Å². The minimum Gasteiger partial charge on any atom is -0.339 e. The van der Waals surface area contributed by atoms with Crippen LogP contribution in [-0.2, 0) is 0 Å². The highest BCUT2D eigenvalue weighted by molar-refractivity contribution is 5.55. The maximum absolute atomic E-state index is 13.2. The third-order valence-electron chi connectivity index (χ3n) is 3.27. The molecule has 4 nitrogen and oxygen atoms in total. The first-order chi connectivity index (χ1) is 8.74. The number of rotatable bonds is 2. The van der Waals surface area contributed by atoms with Crippen molar-refractivity contribution in [2.24, 2.45) is 0 Å². The largest absolute Gasteiger partial charge is 0.339 e. The van der Waals surface area contributed by atoms with E-state index in [0.717, 1.165) is 25.1 Å². The summed E-state index contributed by atoms with van der Waals surface area (Å²) in [5, 5.41) is 7.22. The van der Waals surface area contributed by atoms with Gasteiger partial charge in [-0.1, -0.05) is 5.16 Å². The molecule has 5 heteroatoms. The Hall–Kier alpha value is -1.75. The average Bonchev–Trinajstić information content (AvgIpc) is 3.01. The summed E-state index contributed by atoms with van der Waals surface area (Å²) >= 11 is 0. The normalized spacial score (nSPS) is 19.3. The molecule has 1 aliphatic heterocycles. The first-order valence-electron chi connectivity index (χ1n) is 6.05. The fourth-order valence-corrected chi connectivity index (χ4v) is 2.17. The van der Waals surface area contributed by atoms with Gasteiger partial charge in [0.05, 0.1) is 5.92 Å². The van der Waals surface area contributed by atoms with Crippen molar-refractivity contribution in [1.82, 2.24) is 15.5 Å². The molecule has 1 saturated heterocycles. The topological polar surface area (TPSA) is 51.0 Å². The number of aryl methyl sites for hydroxylation is 1. The molecule has 1 aromatic heterocycles. The van der Waals surface area contributed by atoms with Crippen molar-refractivity contribution in [2.75, 3.05) is 13.1 Å². The molecule has 0 radical (unpaired) electrons. The quantitative estimate of drug-likeness (QED) is 0.884. The van der Waals surface area contributed by atoms with Crippen molar-refractivity contribution in [3.63, 3.8) is 0 Å². The van der Waals surface area contributed by atoms with E-state index in [4.69, 9.17) is 4.52 Å². The Bertz CT molecular complexity index is 561. The van der Waals surface area contributed by atoms with Gasteiger partial charge in [0.2, 0.25) is 11.7 Å². The number of aromatic nitrogens is 2. The molecule has 2 heterocycles. The monoisotopic (exact) mass is 247 g/mol. The molecule has 1 N–H and O–H groups in total. The SMILES string of the molecule is Cc1cc(-c2noc([C@H]3CCNC3)n2)ccc1F. The Balaban J connectivity index is 1.89. The van der Waals surface area contributed by atoms with Gasteiger partial charge in [-0.15, -0.1) is 0 Å². The van der Waals surface area contributed by atoms with E-state index in [1.807, 2.05) is 0 Å². The van der Waals surface area contributed by atoms with Gasteiger partial charge in [-0.05, 0) is 43.7 Å². The van der Waals surface area contributed by atoms with Crippen molar-refractivity contribution < 1.29 is 8.91 Å². The Morgan fingerprint density at radius 3 is 3.06 bits per heavy atom. The highest BCUT2D eigenvalue weighted by atomic mass is 19.1. The van der Waals surface area contributed by atoms with E-state index in [1.54, 1.807) is 19.1 Å². The van der Waals surface area contributed by atoms with Crippen molar-refractivity contribution >= 4 is 0 Å². The summed E-state index contributed by atoms with van der Waals surface area (Å²) in [5.74, 6) is 1.27. The minimum atomic E-state index is -0.220. The van der Waals surface area contributed by atoms with Gasteiger partial charge in [-0.2, -0.15) is 4.98 Å². The van der Waals surface area contributed by atoms with Gasteiger partial charge in [0, 0.05) is 12.1 Å². The minimum absolute atomic E-state index is 0.220. The molecule has 0 unspecified atom stereocenters. The van der Waals surface area contributed by atoms with Crippen LogP contribution in [0.3, 0.4) is 0 Å². The highest BCUT2D eigenvalue weighted by Crippen LogP contribution is 2.24. The zero-order valence-electron chi connectivity index (χ0n) is 10.1. The highest BCUT2D eigenvalue weighted by Gasteiger charge is 2.23. The van der Waals surface area contributed by atoms with E-state index >= 15 is 0 Å². The smallest absolute Gasteiger partial charge is 0.231 e. The summed E-state index contributed by atoms with van der Waals surface area (Å²) in [4.78, 5) is 4.39. The molecule has 0 amide bonds. The molecular weight excluding hydrogens is 233 g/mol. The lowest BCUT2D eigenvalue weighted by atomic mass is 10.1. The van der Waals surface area contributed by atoms with Crippen LogP contribution in [0.1, 0.15) is 23.8 Å². The third kappa shape index (κ3) is 2.01. The van der Waals surface area contributed by atoms with E-state index < -0.39 is 0 Å². The summed E-state index contributed by atoms with van der Waals surface area (Å²) in [6.45, 7) is 3.59. The number of benzene rings is 1. The van der Waals surface area contributed by atoms with E-state index in [2.05, 4.69) is 15.5 Å². The van der Waals surface area contributed by atoms with Gasteiger partial charge < -0.3 is 9.84 Å².